The van der Waals surface area contributed by atoms with Crippen molar-refractivity contribution in [1.82, 2.24) is 4.90 Å². The minimum Gasteiger partial charge on any atom is -0.444 e. The van der Waals surface area contributed by atoms with Gasteiger partial charge >= 0.3 is 6.09 Å². The zero-order valence-corrected chi connectivity index (χ0v) is 16.1. The predicted molar refractivity (Wildman–Crippen MR) is 95.9 cm³/mol. The molecule has 2 aliphatic rings. The fourth-order valence-electron chi connectivity index (χ4n) is 4.15. The summed E-state index contributed by atoms with van der Waals surface area (Å²) in [7, 11) is 0. The highest BCUT2D eigenvalue weighted by Gasteiger charge is 2.44. The van der Waals surface area contributed by atoms with Crippen molar-refractivity contribution in [2.75, 3.05) is 0 Å². The average Bonchev–Trinajstić information content (AvgIpc) is 2.43. The van der Waals surface area contributed by atoms with Gasteiger partial charge in [-0.05, 0) is 65.2 Å². The Balaban J connectivity index is 1.95. The van der Waals surface area contributed by atoms with Crippen LogP contribution < -0.4 is 0 Å². The van der Waals surface area contributed by atoms with E-state index in [0.29, 0.717) is 18.1 Å². The third kappa shape index (κ3) is 5.22. The molecule has 4 nitrogen and oxygen atoms in total. The molecular weight excluding hydrogens is 302 g/mol. The number of rotatable bonds is 5. The van der Waals surface area contributed by atoms with Gasteiger partial charge in [0.1, 0.15) is 11.4 Å². The second kappa shape index (κ2) is 7.88. The van der Waals surface area contributed by atoms with Crippen LogP contribution in [0.1, 0.15) is 86.0 Å². The number of carbonyl (C=O) groups is 2. The van der Waals surface area contributed by atoms with E-state index in [0.717, 1.165) is 44.9 Å². The number of carbonyl (C=O) groups excluding carboxylic acids is 2. The minimum atomic E-state index is -0.463. The van der Waals surface area contributed by atoms with E-state index in [1.165, 1.54) is 0 Å². The number of hydrogen-bond donors (Lipinski definition) is 0. The molecule has 0 aromatic carbocycles. The highest BCUT2D eigenvalue weighted by molar-refractivity contribution is 5.81. The second-order valence-electron chi connectivity index (χ2n) is 9.05. The first-order valence-electron chi connectivity index (χ1n) is 9.71. The molecule has 2 fully saturated rings. The van der Waals surface area contributed by atoms with Crippen LogP contribution in [0, 0.1) is 11.8 Å². The van der Waals surface area contributed by atoms with Gasteiger partial charge in [-0.3, -0.25) is 4.79 Å². The van der Waals surface area contributed by atoms with E-state index in [1.54, 1.807) is 0 Å². The minimum absolute atomic E-state index is 0.145. The quantitative estimate of drug-likeness (QED) is 0.713. The van der Waals surface area contributed by atoms with E-state index >= 15 is 0 Å². The first-order chi connectivity index (χ1) is 11.2. The molecule has 4 heteroatoms. The molecule has 2 unspecified atom stereocenters. The van der Waals surface area contributed by atoms with Crippen molar-refractivity contribution in [2.45, 2.75) is 104 Å². The topological polar surface area (TPSA) is 46.6 Å². The molecular formula is C20H35NO3. The van der Waals surface area contributed by atoms with Gasteiger partial charge in [-0.2, -0.15) is 0 Å². The number of amides is 1. The zero-order valence-electron chi connectivity index (χ0n) is 16.1. The summed E-state index contributed by atoms with van der Waals surface area (Å²) in [5.41, 5.74) is -0.463. The largest absolute Gasteiger partial charge is 0.444 e. The lowest BCUT2D eigenvalue weighted by Gasteiger charge is -2.48. The van der Waals surface area contributed by atoms with Crippen molar-refractivity contribution in [3.8, 4) is 0 Å². The molecule has 2 atom stereocenters. The molecule has 1 amide bonds. The number of hydrogen-bond acceptors (Lipinski definition) is 3. The number of piperidine rings is 2. The Morgan fingerprint density at radius 3 is 2.21 bits per heavy atom. The Bertz CT molecular complexity index is 438. The summed E-state index contributed by atoms with van der Waals surface area (Å²) >= 11 is 0. The summed E-state index contributed by atoms with van der Waals surface area (Å²) in [4.78, 5) is 27.1. The first kappa shape index (κ1) is 19.3. The van der Waals surface area contributed by atoms with Crippen molar-refractivity contribution < 1.29 is 14.3 Å². The molecule has 0 aromatic heterocycles. The molecule has 2 saturated heterocycles. The molecule has 0 spiro atoms. The number of ketones is 1. The molecule has 2 heterocycles. The fourth-order valence-corrected chi connectivity index (χ4v) is 4.15. The van der Waals surface area contributed by atoms with Crippen LogP contribution in [0.15, 0.2) is 0 Å². The fraction of sp³-hybridized carbons (Fsp3) is 0.900. The summed E-state index contributed by atoms with van der Waals surface area (Å²) in [6.45, 7) is 10.1. The zero-order chi connectivity index (χ0) is 17.9. The van der Waals surface area contributed by atoms with Crippen molar-refractivity contribution in [3.05, 3.63) is 0 Å². The van der Waals surface area contributed by atoms with Crippen LogP contribution in [0.2, 0.25) is 0 Å². The predicted octanol–water partition coefficient (Wildman–Crippen LogP) is 4.95. The lowest BCUT2D eigenvalue weighted by atomic mass is 9.76. The lowest BCUT2D eigenvalue weighted by Crippen LogP contribution is -2.56. The van der Waals surface area contributed by atoms with E-state index in [-0.39, 0.29) is 24.1 Å². The van der Waals surface area contributed by atoms with Crippen LogP contribution in [-0.2, 0) is 9.53 Å². The van der Waals surface area contributed by atoms with Gasteiger partial charge < -0.3 is 9.64 Å². The molecule has 0 radical (unpaired) electrons. The van der Waals surface area contributed by atoms with Crippen molar-refractivity contribution >= 4 is 11.9 Å². The van der Waals surface area contributed by atoms with Crippen LogP contribution >= 0.6 is 0 Å². The Labute approximate surface area is 147 Å². The van der Waals surface area contributed by atoms with Crippen LogP contribution in [-0.4, -0.2) is 34.5 Å². The van der Waals surface area contributed by atoms with Crippen LogP contribution in [0.4, 0.5) is 4.79 Å². The van der Waals surface area contributed by atoms with Gasteiger partial charge in [-0.25, -0.2) is 4.79 Å². The SMILES string of the molecule is CC(C)CCCC(=O)C1CC2CCCC(C1)N2C(=O)OC(C)(C)C. The number of nitrogens with zero attached hydrogens (tertiary/aromatic N) is 1. The lowest BCUT2D eigenvalue weighted by molar-refractivity contribution is -0.127. The molecule has 24 heavy (non-hydrogen) atoms. The van der Waals surface area contributed by atoms with Gasteiger partial charge in [0, 0.05) is 24.4 Å². The van der Waals surface area contributed by atoms with Crippen molar-refractivity contribution in [3.63, 3.8) is 0 Å². The van der Waals surface area contributed by atoms with Gasteiger partial charge in [0.15, 0.2) is 0 Å². The normalized spacial score (nSPS) is 27.2. The summed E-state index contributed by atoms with van der Waals surface area (Å²) in [5, 5.41) is 0. The van der Waals surface area contributed by atoms with Crippen LogP contribution in [0.5, 0.6) is 0 Å². The van der Waals surface area contributed by atoms with Gasteiger partial charge in [0.2, 0.25) is 0 Å². The van der Waals surface area contributed by atoms with E-state index in [4.69, 9.17) is 4.74 Å². The van der Waals surface area contributed by atoms with Crippen molar-refractivity contribution in [1.29, 1.82) is 0 Å². The van der Waals surface area contributed by atoms with Gasteiger partial charge in [0.25, 0.3) is 0 Å². The smallest absolute Gasteiger partial charge is 0.410 e. The Morgan fingerprint density at radius 1 is 1.12 bits per heavy atom. The average molecular weight is 338 g/mol. The Kier molecular flexibility index (Phi) is 6.33. The third-order valence-corrected chi connectivity index (χ3v) is 5.24. The van der Waals surface area contributed by atoms with E-state index in [9.17, 15) is 9.59 Å². The van der Waals surface area contributed by atoms with E-state index < -0.39 is 5.60 Å². The molecule has 0 N–H and O–H groups in total. The molecule has 0 saturated carbocycles. The summed E-state index contributed by atoms with van der Waals surface area (Å²) in [6, 6.07) is 0.373. The third-order valence-electron chi connectivity index (χ3n) is 5.24. The standard InChI is InChI=1S/C20H35NO3/c1-14(2)8-6-11-18(22)15-12-16-9-7-10-17(13-15)21(16)19(23)24-20(3,4)5/h14-17H,6-13H2,1-5H3. The number of fused-ring (bicyclic) bond motifs is 2. The van der Waals surface area contributed by atoms with Gasteiger partial charge in [-0.1, -0.05) is 20.3 Å². The summed E-state index contributed by atoms with van der Waals surface area (Å²) < 4.78 is 5.60. The van der Waals surface area contributed by atoms with E-state index in [2.05, 4.69) is 13.8 Å². The number of Topliss-reactive ketones (excluding diaryl/α,β-unsaturated/α-hetero) is 1. The molecule has 0 aromatic rings. The van der Waals surface area contributed by atoms with Crippen LogP contribution in [0.3, 0.4) is 0 Å². The highest BCUT2D eigenvalue weighted by atomic mass is 16.6. The van der Waals surface area contributed by atoms with Crippen molar-refractivity contribution in [2.24, 2.45) is 11.8 Å². The monoisotopic (exact) mass is 337 g/mol. The summed E-state index contributed by atoms with van der Waals surface area (Å²) in [6.07, 6.45) is 7.46. The highest BCUT2D eigenvalue weighted by Crippen LogP contribution is 2.38. The first-order valence-corrected chi connectivity index (χ1v) is 9.71. The summed E-state index contributed by atoms with van der Waals surface area (Å²) in [5.74, 6) is 1.22. The Hall–Kier alpha value is -1.06. The molecule has 2 rings (SSSR count). The van der Waals surface area contributed by atoms with Gasteiger partial charge in [-0.15, -0.1) is 0 Å². The maximum absolute atomic E-state index is 12.6. The second-order valence-corrected chi connectivity index (χ2v) is 9.05. The maximum atomic E-state index is 12.6. The molecule has 2 aliphatic heterocycles. The van der Waals surface area contributed by atoms with Crippen LogP contribution in [0.25, 0.3) is 0 Å². The van der Waals surface area contributed by atoms with E-state index in [1.807, 2.05) is 25.7 Å². The Morgan fingerprint density at radius 2 is 1.71 bits per heavy atom. The van der Waals surface area contributed by atoms with Gasteiger partial charge in [0.05, 0.1) is 0 Å². The molecule has 2 bridgehead atoms. The molecule has 138 valence electrons. The molecule has 0 aliphatic carbocycles. The maximum Gasteiger partial charge on any atom is 0.410 e. The number of ether oxygens (including phenoxy) is 1.